The van der Waals surface area contributed by atoms with Crippen LogP contribution in [0.2, 0.25) is 0 Å². The second-order valence-electron chi connectivity index (χ2n) is 8.58. The number of para-hydroxylation sites is 1. The molecule has 1 aromatic heterocycles. The maximum Gasteiger partial charge on any atom is 0.405 e. The normalized spacial score (nSPS) is 19.9. The Balaban J connectivity index is 1.58. The van der Waals surface area contributed by atoms with Crippen molar-refractivity contribution in [2.24, 2.45) is 16.3 Å². The minimum atomic E-state index is -2.80. The van der Waals surface area contributed by atoms with Crippen molar-refractivity contribution >= 4 is 23.6 Å². The first-order chi connectivity index (χ1) is 17.7. The highest BCUT2D eigenvalue weighted by molar-refractivity contribution is 6.13. The molecule has 37 heavy (non-hydrogen) atoms. The Bertz CT molecular complexity index is 1200. The third kappa shape index (κ3) is 5.65. The molecule has 0 spiro atoms. The molecular formula is C24H24F3N5O5. The highest BCUT2D eigenvalue weighted by Gasteiger charge is 2.55. The van der Waals surface area contributed by atoms with Crippen molar-refractivity contribution < 1.29 is 37.0 Å². The molecule has 4 rings (SSSR count). The van der Waals surface area contributed by atoms with Gasteiger partial charge in [-0.25, -0.2) is 23.0 Å². The molecule has 2 aromatic rings. The third-order valence-electron chi connectivity index (χ3n) is 6.11. The molecule has 13 heteroatoms. The zero-order valence-electron chi connectivity index (χ0n) is 19.6. The minimum Gasteiger partial charge on any atom is -0.486 e. The lowest BCUT2D eigenvalue weighted by Crippen LogP contribution is -2.58. The molecule has 1 saturated heterocycles. The summed E-state index contributed by atoms with van der Waals surface area (Å²) < 4.78 is 50.5. The molecule has 3 amide bonds. The van der Waals surface area contributed by atoms with Gasteiger partial charge >= 0.3 is 6.09 Å². The van der Waals surface area contributed by atoms with Gasteiger partial charge in [0.1, 0.15) is 18.6 Å². The number of primary amides is 1. The molecule has 0 bridgehead atoms. The number of rotatable bonds is 9. The number of benzene rings is 1. The first kappa shape index (κ1) is 25.9. The van der Waals surface area contributed by atoms with Gasteiger partial charge in [0.25, 0.3) is 18.2 Å². The van der Waals surface area contributed by atoms with Crippen LogP contribution in [0, 0.1) is 11.2 Å². The van der Waals surface area contributed by atoms with E-state index in [0.717, 1.165) is 11.1 Å². The Hall–Kier alpha value is -4.16. The number of amides is 3. The molecule has 3 heterocycles. The predicted molar refractivity (Wildman–Crippen MR) is 123 cm³/mol. The van der Waals surface area contributed by atoms with Gasteiger partial charge in [0.15, 0.2) is 11.6 Å². The Morgan fingerprint density at radius 2 is 1.92 bits per heavy atom. The molecule has 0 aliphatic carbocycles. The van der Waals surface area contributed by atoms with E-state index in [1.807, 2.05) is 0 Å². The molecule has 2 N–H and O–H groups in total. The number of ether oxygens (including phenoxy) is 2. The average molecular weight is 519 g/mol. The van der Waals surface area contributed by atoms with Crippen LogP contribution in [0.3, 0.4) is 0 Å². The number of alkyl halides is 2. The number of nitrogens with zero attached hydrogens (tertiary/aromatic N) is 4. The zero-order valence-corrected chi connectivity index (χ0v) is 19.6. The summed E-state index contributed by atoms with van der Waals surface area (Å²) >= 11 is 0. The number of hydrogen-bond donors (Lipinski definition) is 1. The first-order valence-electron chi connectivity index (χ1n) is 11.4. The quantitative estimate of drug-likeness (QED) is 0.540. The SMILES string of the molecule is NC(=O)OC(COc1ccccc1F)C(=O)N1CCC2=NN(CC(F)F)C(=O)[C@]2(Cc2ccccn2)C1. The standard InChI is InChI=1S/C24H24F3N5O5/c25-16-6-1-2-7-17(16)36-13-18(37-23(28)35)21(33)31-10-8-19-24(14-31,11-15-5-3-4-9-29-15)22(34)32(30-19)12-20(26)27/h1-7,9,18,20H,8,10-14H2,(H2,28,35)/t18?,24-/m1/s1. The van der Waals surface area contributed by atoms with Crippen LogP contribution < -0.4 is 10.5 Å². The molecular weight excluding hydrogens is 495 g/mol. The summed E-state index contributed by atoms with van der Waals surface area (Å²) in [6.45, 7) is -1.59. The third-order valence-corrected chi connectivity index (χ3v) is 6.11. The monoisotopic (exact) mass is 519 g/mol. The van der Waals surface area contributed by atoms with Crippen molar-refractivity contribution in [2.75, 3.05) is 26.2 Å². The van der Waals surface area contributed by atoms with Crippen LogP contribution in [0.15, 0.2) is 53.8 Å². The van der Waals surface area contributed by atoms with Crippen LogP contribution in [0.25, 0.3) is 0 Å². The zero-order chi connectivity index (χ0) is 26.6. The van der Waals surface area contributed by atoms with Gasteiger partial charge < -0.3 is 20.1 Å². The number of aromatic nitrogens is 1. The summed E-state index contributed by atoms with van der Waals surface area (Å²) in [4.78, 5) is 43.8. The van der Waals surface area contributed by atoms with E-state index in [0.29, 0.717) is 11.4 Å². The van der Waals surface area contributed by atoms with E-state index in [9.17, 15) is 27.6 Å². The van der Waals surface area contributed by atoms with Crippen molar-refractivity contribution in [3.05, 3.63) is 60.2 Å². The number of carbonyl (C=O) groups excluding carboxylic acids is 3. The van der Waals surface area contributed by atoms with Crippen molar-refractivity contribution in [1.82, 2.24) is 14.9 Å². The molecule has 0 saturated carbocycles. The maximum atomic E-state index is 14.0. The molecule has 1 unspecified atom stereocenters. The number of hydrazone groups is 1. The summed E-state index contributed by atoms with van der Waals surface area (Å²) in [6.07, 6.45) is -3.94. The second-order valence-corrected chi connectivity index (χ2v) is 8.58. The summed E-state index contributed by atoms with van der Waals surface area (Å²) in [5.74, 6) is -2.27. The van der Waals surface area contributed by atoms with Crippen LogP contribution in [0.4, 0.5) is 18.0 Å². The maximum absolute atomic E-state index is 14.0. The van der Waals surface area contributed by atoms with Gasteiger partial charge in [-0.15, -0.1) is 0 Å². The van der Waals surface area contributed by atoms with Gasteiger partial charge in [0.2, 0.25) is 6.10 Å². The fourth-order valence-corrected chi connectivity index (χ4v) is 4.47. The number of pyridine rings is 1. The number of halogens is 3. The highest BCUT2D eigenvalue weighted by Crippen LogP contribution is 2.39. The fraction of sp³-hybridized carbons (Fsp3) is 0.375. The van der Waals surface area contributed by atoms with Gasteiger partial charge in [-0.05, 0) is 24.3 Å². The van der Waals surface area contributed by atoms with Crippen LogP contribution in [0.5, 0.6) is 5.75 Å². The van der Waals surface area contributed by atoms with E-state index >= 15 is 0 Å². The summed E-state index contributed by atoms with van der Waals surface area (Å²) in [5.41, 5.74) is 4.58. The van der Waals surface area contributed by atoms with Crippen molar-refractivity contribution in [1.29, 1.82) is 0 Å². The Kier molecular flexibility index (Phi) is 7.60. The first-order valence-corrected chi connectivity index (χ1v) is 11.4. The summed E-state index contributed by atoms with van der Waals surface area (Å²) in [5, 5.41) is 4.89. The number of likely N-dealkylation sites (tertiary alicyclic amines) is 1. The average Bonchev–Trinajstić information content (AvgIpc) is 3.12. The molecule has 2 aliphatic rings. The van der Waals surface area contributed by atoms with Gasteiger partial charge in [0.05, 0.1) is 5.71 Å². The lowest BCUT2D eigenvalue weighted by molar-refractivity contribution is -0.147. The van der Waals surface area contributed by atoms with E-state index in [4.69, 9.17) is 15.2 Å². The van der Waals surface area contributed by atoms with Crippen molar-refractivity contribution in [3.63, 3.8) is 0 Å². The molecule has 10 nitrogen and oxygen atoms in total. The smallest absolute Gasteiger partial charge is 0.405 e. The van der Waals surface area contributed by atoms with Crippen LogP contribution in [0.1, 0.15) is 12.1 Å². The van der Waals surface area contributed by atoms with Gasteiger partial charge in [-0.3, -0.25) is 14.6 Å². The van der Waals surface area contributed by atoms with E-state index < -0.39 is 54.8 Å². The second kappa shape index (κ2) is 10.8. The lowest BCUT2D eigenvalue weighted by Gasteiger charge is -2.40. The summed E-state index contributed by atoms with van der Waals surface area (Å²) in [7, 11) is 0. The Morgan fingerprint density at radius 1 is 1.16 bits per heavy atom. The Labute approximate surface area is 209 Å². The topological polar surface area (TPSA) is 127 Å². The molecule has 1 fully saturated rings. The number of carbonyl (C=O) groups is 3. The van der Waals surface area contributed by atoms with Gasteiger partial charge in [0, 0.05) is 37.8 Å². The molecule has 2 aliphatic heterocycles. The molecule has 2 atom stereocenters. The Morgan fingerprint density at radius 3 is 2.59 bits per heavy atom. The van der Waals surface area contributed by atoms with Crippen molar-refractivity contribution in [3.8, 4) is 5.75 Å². The molecule has 196 valence electrons. The fourth-order valence-electron chi connectivity index (χ4n) is 4.47. The number of fused-ring (bicyclic) bond motifs is 1. The number of hydrogen-bond acceptors (Lipinski definition) is 7. The number of nitrogens with two attached hydrogens (primary N) is 1. The van der Waals surface area contributed by atoms with E-state index in [1.165, 1.54) is 29.3 Å². The highest BCUT2D eigenvalue weighted by atomic mass is 19.3. The van der Waals surface area contributed by atoms with Crippen LogP contribution >= 0.6 is 0 Å². The predicted octanol–water partition coefficient (Wildman–Crippen LogP) is 1.99. The number of piperidine rings is 1. The van der Waals surface area contributed by atoms with Crippen LogP contribution in [-0.4, -0.2) is 77.3 Å². The van der Waals surface area contributed by atoms with E-state index in [-0.39, 0.29) is 31.7 Å². The lowest BCUT2D eigenvalue weighted by atomic mass is 9.74. The van der Waals surface area contributed by atoms with E-state index in [2.05, 4.69) is 10.1 Å². The van der Waals surface area contributed by atoms with E-state index in [1.54, 1.807) is 18.2 Å². The summed E-state index contributed by atoms with van der Waals surface area (Å²) in [6, 6.07) is 10.6. The van der Waals surface area contributed by atoms with Crippen LogP contribution in [-0.2, 0) is 20.7 Å². The molecule has 1 aromatic carbocycles. The molecule has 0 radical (unpaired) electrons. The van der Waals surface area contributed by atoms with Crippen molar-refractivity contribution in [2.45, 2.75) is 25.4 Å². The van der Waals surface area contributed by atoms with Gasteiger partial charge in [-0.2, -0.15) is 5.10 Å². The minimum absolute atomic E-state index is 0.0160. The van der Waals surface area contributed by atoms with Gasteiger partial charge in [-0.1, -0.05) is 18.2 Å². The largest absolute Gasteiger partial charge is 0.486 e.